The molecule has 0 aliphatic carbocycles. The van der Waals surface area contributed by atoms with E-state index in [1.807, 2.05) is 24.8 Å². The van der Waals surface area contributed by atoms with Crippen molar-refractivity contribution in [2.24, 2.45) is 0 Å². The van der Waals surface area contributed by atoms with Crippen LogP contribution in [0.3, 0.4) is 0 Å². The molecule has 22 heavy (non-hydrogen) atoms. The molecule has 2 saturated heterocycles. The van der Waals surface area contributed by atoms with Crippen LogP contribution in [0.4, 0.5) is 0 Å². The molecular formula is C17H26N4O. The largest absolute Gasteiger partial charge is 0.343 e. The zero-order chi connectivity index (χ0) is 15.7. The highest BCUT2D eigenvalue weighted by Crippen LogP contribution is 2.29. The molecular weight excluding hydrogens is 276 g/mol. The van der Waals surface area contributed by atoms with Crippen LogP contribution in [0.15, 0.2) is 6.07 Å². The molecule has 0 spiro atoms. The first-order chi connectivity index (χ1) is 10.5. The molecule has 0 bridgehead atoms. The second-order valence-electron chi connectivity index (χ2n) is 6.73. The third-order valence-corrected chi connectivity index (χ3v) is 5.01. The standard InChI is InChI=1S/C17H26N4O/c1-12-10-13(2)19-17(18-12)15-4-7-21(11-15)16-5-8-20(9-6-16)14(3)22/h10,15-16H,4-9,11H2,1-3H3/t15-/m1/s1. The summed E-state index contributed by atoms with van der Waals surface area (Å²) in [4.78, 5) is 25.3. The summed E-state index contributed by atoms with van der Waals surface area (Å²) >= 11 is 0. The predicted molar refractivity (Wildman–Crippen MR) is 85.7 cm³/mol. The van der Waals surface area contributed by atoms with Crippen molar-refractivity contribution in [3.63, 3.8) is 0 Å². The SMILES string of the molecule is CC(=O)N1CCC(N2CC[C@@H](c3nc(C)cc(C)n3)C2)CC1. The molecule has 2 aliphatic heterocycles. The Balaban J connectivity index is 1.60. The third-order valence-electron chi connectivity index (χ3n) is 5.01. The summed E-state index contributed by atoms with van der Waals surface area (Å²) in [5, 5.41) is 0. The molecule has 0 unspecified atom stereocenters. The lowest BCUT2D eigenvalue weighted by molar-refractivity contribution is -0.130. The van der Waals surface area contributed by atoms with E-state index in [4.69, 9.17) is 0 Å². The van der Waals surface area contributed by atoms with Gasteiger partial charge in [-0.25, -0.2) is 9.97 Å². The Hall–Kier alpha value is -1.49. The average Bonchev–Trinajstić information content (AvgIpc) is 2.96. The molecule has 1 amide bonds. The van der Waals surface area contributed by atoms with Gasteiger partial charge in [-0.1, -0.05) is 0 Å². The number of carbonyl (C=O) groups excluding carboxylic acids is 1. The fraction of sp³-hybridized carbons (Fsp3) is 0.706. The number of likely N-dealkylation sites (tertiary alicyclic amines) is 2. The monoisotopic (exact) mass is 302 g/mol. The van der Waals surface area contributed by atoms with Gasteiger partial charge in [0.15, 0.2) is 0 Å². The number of aryl methyl sites for hydroxylation is 2. The fourth-order valence-electron chi connectivity index (χ4n) is 3.81. The number of hydrogen-bond donors (Lipinski definition) is 0. The van der Waals surface area contributed by atoms with E-state index in [1.165, 1.54) is 0 Å². The minimum atomic E-state index is 0.210. The van der Waals surface area contributed by atoms with Gasteiger partial charge in [-0.05, 0) is 45.7 Å². The van der Waals surface area contributed by atoms with Crippen molar-refractivity contribution in [2.45, 2.75) is 52.0 Å². The lowest BCUT2D eigenvalue weighted by Crippen LogP contribution is -2.45. The summed E-state index contributed by atoms with van der Waals surface area (Å²) in [6.07, 6.45) is 3.34. The maximum Gasteiger partial charge on any atom is 0.219 e. The highest BCUT2D eigenvalue weighted by Gasteiger charge is 2.32. The smallest absolute Gasteiger partial charge is 0.219 e. The van der Waals surface area contributed by atoms with Gasteiger partial charge in [-0.2, -0.15) is 0 Å². The van der Waals surface area contributed by atoms with Crippen LogP contribution in [-0.4, -0.2) is 57.9 Å². The van der Waals surface area contributed by atoms with Crippen LogP contribution >= 0.6 is 0 Å². The van der Waals surface area contributed by atoms with Crippen molar-refractivity contribution in [3.05, 3.63) is 23.3 Å². The number of rotatable bonds is 2. The zero-order valence-electron chi connectivity index (χ0n) is 13.9. The minimum Gasteiger partial charge on any atom is -0.343 e. The Morgan fingerprint density at radius 3 is 2.32 bits per heavy atom. The van der Waals surface area contributed by atoms with Crippen molar-refractivity contribution < 1.29 is 4.79 Å². The van der Waals surface area contributed by atoms with Gasteiger partial charge < -0.3 is 4.90 Å². The molecule has 5 nitrogen and oxygen atoms in total. The molecule has 2 fully saturated rings. The van der Waals surface area contributed by atoms with Gasteiger partial charge in [0, 0.05) is 49.9 Å². The van der Waals surface area contributed by atoms with Crippen LogP contribution < -0.4 is 0 Å². The first kappa shape index (κ1) is 15.4. The predicted octanol–water partition coefficient (Wildman–Crippen LogP) is 1.89. The van der Waals surface area contributed by atoms with Crippen molar-refractivity contribution in [1.29, 1.82) is 0 Å². The lowest BCUT2D eigenvalue weighted by Gasteiger charge is -2.36. The molecule has 5 heteroatoms. The van der Waals surface area contributed by atoms with Crippen LogP contribution in [0.5, 0.6) is 0 Å². The summed E-state index contributed by atoms with van der Waals surface area (Å²) in [6, 6.07) is 2.65. The molecule has 3 heterocycles. The Labute approximate surface area is 132 Å². The lowest BCUT2D eigenvalue weighted by atomic mass is 10.0. The van der Waals surface area contributed by atoms with Crippen LogP contribution in [0.2, 0.25) is 0 Å². The Kier molecular flexibility index (Phi) is 4.43. The molecule has 0 aromatic carbocycles. The van der Waals surface area contributed by atoms with Gasteiger partial charge in [-0.15, -0.1) is 0 Å². The molecule has 0 radical (unpaired) electrons. The molecule has 1 atom stereocenters. The summed E-state index contributed by atoms with van der Waals surface area (Å²) < 4.78 is 0. The average molecular weight is 302 g/mol. The van der Waals surface area contributed by atoms with E-state index in [2.05, 4.69) is 14.9 Å². The van der Waals surface area contributed by atoms with Crippen LogP contribution in [0.25, 0.3) is 0 Å². The first-order valence-corrected chi connectivity index (χ1v) is 8.34. The van der Waals surface area contributed by atoms with E-state index in [0.29, 0.717) is 12.0 Å². The van der Waals surface area contributed by atoms with Crippen molar-refractivity contribution in [1.82, 2.24) is 19.8 Å². The molecule has 0 saturated carbocycles. The molecule has 120 valence electrons. The highest BCUT2D eigenvalue weighted by atomic mass is 16.2. The molecule has 3 rings (SSSR count). The molecule has 0 N–H and O–H groups in total. The first-order valence-electron chi connectivity index (χ1n) is 8.34. The van der Waals surface area contributed by atoms with Gasteiger partial charge >= 0.3 is 0 Å². The Bertz CT molecular complexity index is 531. The maximum atomic E-state index is 11.4. The number of carbonyl (C=O) groups is 1. The number of nitrogens with zero attached hydrogens (tertiary/aromatic N) is 4. The zero-order valence-corrected chi connectivity index (χ0v) is 13.9. The summed E-state index contributed by atoms with van der Waals surface area (Å²) in [7, 11) is 0. The van der Waals surface area contributed by atoms with Gasteiger partial charge in [-0.3, -0.25) is 9.69 Å². The van der Waals surface area contributed by atoms with E-state index >= 15 is 0 Å². The van der Waals surface area contributed by atoms with Gasteiger partial charge in [0.25, 0.3) is 0 Å². The molecule has 2 aliphatic rings. The quantitative estimate of drug-likeness (QED) is 0.837. The van der Waals surface area contributed by atoms with Gasteiger partial charge in [0.2, 0.25) is 5.91 Å². The summed E-state index contributed by atoms with van der Waals surface area (Å²) in [5.41, 5.74) is 2.13. The van der Waals surface area contributed by atoms with Crippen LogP contribution in [-0.2, 0) is 4.79 Å². The van der Waals surface area contributed by atoms with Crippen molar-refractivity contribution >= 4 is 5.91 Å². The normalized spacial score (nSPS) is 24.0. The number of amides is 1. The van der Waals surface area contributed by atoms with Crippen LogP contribution in [0.1, 0.15) is 49.3 Å². The number of piperidine rings is 1. The number of aromatic nitrogens is 2. The minimum absolute atomic E-state index is 0.210. The highest BCUT2D eigenvalue weighted by molar-refractivity contribution is 5.73. The van der Waals surface area contributed by atoms with E-state index in [-0.39, 0.29) is 5.91 Å². The summed E-state index contributed by atoms with van der Waals surface area (Å²) in [6.45, 7) is 9.76. The molecule has 1 aromatic rings. The maximum absolute atomic E-state index is 11.4. The van der Waals surface area contributed by atoms with Crippen LogP contribution in [0, 0.1) is 13.8 Å². The van der Waals surface area contributed by atoms with E-state index < -0.39 is 0 Å². The number of hydrogen-bond acceptors (Lipinski definition) is 4. The van der Waals surface area contributed by atoms with Gasteiger partial charge in [0.1, 0.15) is 5.82 Å². The Morgan fingerprint density at radius 1 is 1.09 bits per heavy atom. The fourth-order valence-corrected chi connectivity index (χ4v) is 3.81. The second kappa shape index (κ2) is 6.32. The molecule has 1 aromatic heterocycles. The van der Waals surface area contributed by atoms with Crippen molar-refractivity contribution in [3.8, 4) is 0 Å². The van der Waals surface area contributed by atoms with Gasteiger partial charge in [0.05, 0.1) is 0 Å². The second-order valence-corrected chi connectivity index (χ2v) is 6.73. The Morgan fingerprint density at radius 2 is 1.73 bits per heavy atom. The topological polar surface area (TPSA) is 49.3 Å². The van der Waals surface area contributed by atoms with E-state index in [9.17, 15) is 4.79 Å². The summed E-state index contributed by atoms with van der Waals surface area (Å²) in [5.74, 6) is 1.69. The van der Waals surface area contributed by atoms with E-state index in [0.717, 1.165) is 62.7 Å². The van der Waals surface area contributed by atoms with E-state index in [1.54, 1.807) is 6.92 Å². The third kappa shape index (κ3) is 3.29. The van der Waals surface area contributed by atoms with Crippen molar-refractivity contribution in [2.75, 3.05) is 26.2 Å².